The number of amides is 1. The van der Waals surface area contributed by atoms with Crippen LogP contribution in [0, 0.1) is 5.92 Å². The molecule has 1 aromatic carbocycles. The van der Waals surface area contributed by atoms with Crippen LogP contribution in [0.25, 0.3) is 0 Å². The Morgan fingerprint density at radius 2 is 2.00 bits per heavy atom. The Morgan fingerprint density at radius 1 is 1.24 bits per heavy atom. The second-order valence-corrected chi connectivity index (χ2v) is 6.01. The van der Waals surface area contributed by atoms with E-state index in [1.165, 1.54) is 11.1 Å². The summed E-state index contributed by atoms with van der Waals surface area (Å²) in [6, 6.07) is 8.25. The molecule has 3 rings (SSSR count). The van der Waals surface area contributed by atoms with Crippen molar-refractivity contribution < 1.29 is 14.3 Å². The lowest BCUT2D eigenvalue weighted by Gasteiger charge is -2.27. The minimum atomic E-state index is -0.716. The molecule has 0 bridgehead atoms. The third-order valence-corrected chi connectivity index (χ3v) is 4.26. The molecule has 0 aliphatic heterocycles. The van der Waals surface area contributed by atoms with Crippen molar-refractivity contribution in [2.75, 3.05) is 0 Å². The van der Waals surface area contributed by atoms with E-state index in [4.69, 9.17) is 4.74 Å². The maximum absolute atomic E-state index is 12.2. The van der Waals surface area contributed by atoms with E-state index >= 15 is 0 Å². The molecule has 1 saturated carbocycles. The minimum absolute atomic E-state index is 0.0238. The van der Waals surface area contributed by atoms with Crippen LogP contribution in [0.2, 0.25) is 0 Å². The minimum Gasteiger partial charge on any atom is -0.452 e. The summed E-state index contributed by atoms with van der Waals surface area (Å²) in [5.74, 6) is -0.414. The van der Waals surface area contributed by atoms with Gasteiger partial charge < -0.3 is 10.1 Å². The van der Waals surface area contributed by atoms with Crippen LogP contribution in [0.1, 0.15) is 49.8 Å². The second kappa shape index (κ2) is 5.88. The highest BCUT2D eigenvalue weighted by molar-refractivity contribution is 5.84. The number of fused-ring (bicyclic) bond motifs is 1. The van der Waals surface area contributed by atoms with Gasteiger partial charge in [-0.3, -0.25) is 9.59 Å². The number of hydrogen-bond acceptors (Lipinski definition) is 3. The zero-order valence-corrected chi connectivity index (χ0v) is 12.3. The maximum atomic E-state index is 12.2. The largest absolute Gasteiger partial charge is 0.452 e. The summed E-state index contributed by atoms with van der Waals surface area (Å²) in [5, 5.41) is 3.02. The first-order valence-electron chi connectivity index (χ1n) is 7.74. The van der Waals surface area contributed by atoms with Crippen molar-refractivity contribution in [3.05, 3.63) is 35.4 Å². The highest BCUT2D eigenvalue weighted by atomic mass is 16.5. The summed E-state index contributed by atoms with van der Waals surface area (Å²) < 4.78 is 5.21. The Balaban J connectivity index is 1.61. The van der Waals surface area contributed by atoms with Crippen molar-refractivity contribution in [3.8, 4) is 0 Å². The molecule has 4 nitrogen and oxygen atoms in total. The summed E-state index contributed by atoms with van der Waals surface area (Å²) >= 11 is 0. The van der Waals surface area contributed by atoms with Crippen LogP contribution >= 0.6 is 0 Å². The number of esters is 1. The van der Waals surface area contributed by atoms with Crippen LogP contribution in [0.3, 0.4) is 0 Å². The average molecular weight is 287 g/mol. The lowest BCUT2D eigenvalue weighted by atomic mass is 9.87. The van der Waals surface area contributed by atoms with Gasteiger partial charge in [-0.15, -0.1) is 0 Å². The third-order valence-electron chi connectivity index (χ3n) is 4.26. The van der Waals surface area contributed by atoms with Gasteiger partial charge in [0.15, 0.2) is 6.10 Å². The molecule has 2 aliphatic carbocycles. The average Bonchev–Trinajstić information content (AvgIpc) is 3.32. The molecule has 2 atom stereocenters. The van der Waals surface area contributed by atoms with Crippen LogP contribution in [-0.4, -0.2) is 18.0 Å². The highest BCUT2D eigenvalue weighted by Crippen LogP contribution is 2.31. The second-order valence-electron chi connectivity index (χ2n) is 6.01. The number of ether oxygens (including phenoxy) is 1. The smallest absolute Gasteiger partial charge is 0.309 e. The van der Waals surface area contributed by atoms with E-state index in [1.807, 2.05) is 12.1 Å². The Morgan fingerprint density at radius 3 is 2.76 bits per heavy atom. The predicted molar refractivity (Wildman–Crippen MR) is 78.5 cm³/mol. The predicted octanol–water partition coefficient (Wildman–Crippen LogP) is 2.52. The SMILES string of the molecule is C[C@@H](OC(=O)C1CC1)C(=O)N[C@H]1CCCc2ccccc21. The molecule has 1 amide bonds. The Bertz CT molecular complexity index is 551. The molecule has 0 heterocycles. The lowest BCUT2D eigenvalue weighted by Crippen LogP contribution is -2.39. The Labute approximate surface area is 124 Å². The fraction of sp³-hybridized carbons (Fsp3) is 0.529. The van der Waals surface area contributed by atoms with Gasteiger partial charge >= 0.3 is 5.97 Å². The molecule has 0 aromatic heterocycles. The maximum Gasteiger partial charge on any atom is 0.309 e. The molecule has 1 fully saturated rings. The van der Waals surface area contributed by atoms with Crippen molar-refractivity contribution in [1.29, 1.82) is 0 Å². The zero-order chi connectivity index (χ0) is 14.8. The molecule has 4 heteroatoms. The van der Waals surface area contributed by atoms with E-state index < -0.39 is 6.10 Å². The summed E-state index contributed by atoms with van der Waals surface area (Å²) in [4.78, 5) is 23.8. The number of carbonyl (C=O) groups excluding carboxylic acids is 2. The molecule has 0 spiro atoms. The molecule has 0 radical (unpaired) electrons. The van der Waals surface area contributed by atoms with Crippen molar-refractivity contribution >= 4 is 11.9 Å². The van der Waals surface area contributed by atoms with Gasteiger partial charge in [-0.2, -0.15) is 0 Å². The normalized spacial score (nSPS) is 22.0. The summed E-state index contributed by atoms with van der Waals surface area (Å²) in [6.07, 6.45) is 4.14. The molecule has 112 valence electrons. The Kier molecular flexibility index (Phi) is 3.95. The number of benzene rings is 1. The number of rotatable bonds is 4. The van der Waals surface area contributed by atoms with E-state index in [2.05, 4.69) is 17.4 Å². The summed E-state index contributed by atoms with van der Waals surface area (Å²) in [5.41, 5.74) is 2.49. The van der Waals surface area contributed by atoms with Crippen molar-refractivity contribution in [2.24, 2.45) is 5.92 Å². The van der Waals surface area contributed by atoms with Crippen LogP contribution in [0.5, 0.6) is 0 Å². The van der Waals surface area contributed by atoms with Crippen molar-refractivity contribution in [1.82, 2.24) is 5.32 Å². The topological polar surface area (TPSA) is 55.4 Å². The van der Waals surface area contributed by atoms with Crippen LogP contribution < -0.4 is 5.32 Å². The molecular weight excluding hydrogens is 266 g/mol. The van der Waals surface area contributed by atoms with Gasteiger partial charge in [0, 0.05) is 0 Å². The van der Waals surface area contributed by atoms with Crippen LogP contribution in [0.4, 0.5) is 0 Å². The molecule has 1 aromatic rings. The van der Waals surface area contributed by atoms with Gasteiger partial charge in [0.05, 0.1) is 12.0 Å². The molecule has 2 aliphatic rings. The molecule has 0 saturated heterocycles. The number of hydrogen-bond donors (Lipinski definition) is 1. The Hall–Kier alpha value is -1.84. The standard InChI is InChI=1S/C17H21NO3/c1-11(21-17(20)13-9-10-13)16(19)18-15-8-4-6-12-5-2-3-7-14(12)15/h2-3,5,7,11,13,15H,4,6,8-10H2,1H3,(H,18,19)/t11-,15+/m1/s1. The van der Waals surface area contributed by atoms with Gasteiger partial charge in [-0.25, -0.2) is 0 Å². The van der Waals surface area contributed by atoms with Crippen molar-refractivity contribution in [2.45, 2.75) is 51.2 Å². The fourth-order valence-corrected chi connectivity index (χ4v) is 2.84. The lowest BCUT2D eigenvalue weighted by molar-refractivity contribution is -0.156. The van der Waals surface area contributed by atoms with Gasteiger partial charge in [0.1, 0.15) is 0 Å². The van der Waals surface area contributed by atoms with E-state index in [0.717, 1.165) is 32.1 Å². The fourth-order valence-electron chi connectivity index (χ4n) is 2.84. The monoisotopic (exact) mass is 287 g/mol. The first-order valence-corrected chi connectivity index (χ1v) is 7.74. The zero-order valence-electron chi connectivity index (χ0n) is 12.3. The van der Waals surface area contributed by atoms with E-state index in [-0.39, 0.29) is 23.8 Å². The summed E-state index contributed by atoms with van der Waals surface area (Å²) in [7, 11) is 0. The van der Waals surface area contributed by atoms with Crippen LogP contribution in [-0.2, 0) is 20.7 Å². The molecule has 0 unspecified atom stereocenters. The molecular formula is C17H21NO3. The third kappa shape index (κ3) is 3.26. The highest BCUT2D eigenvalue weighted by Gasteiger charge is 2.34. The molecule has 1 N–H and O–H groups in total. The quantitative estimate of drug-likeness (QED) is 0.866. The van der Waals surface area contributed by atoms with E-state index in [1.54, 1.807) is 6.92 Å². The first kappa shape index (κ1) is 14.1. The van der Waals surface area contributed by atoms with Gasteiger partial charge in [-0.05, 0) is 50.2 Å². The van der Waals surface area contributed by atoms with Crippen molar-refractivity contribution in [3.63, 3.8) is 0 Å². The van der Waals surface area contributed by atoms with E-state index in [0.29, 0.717) is 0 Å². The number of carbonyl (C=O) groups is 2. The van der Waals surface area contributed by atoms with Gasteiger partial charge in [0.25, 0.3) is 5.91 Å². The first-order chi connectivity index (χ1) is 10.1. The molecule has 21 heavy (non-hydrogen) atoms. The summed E-state index contributed by atoms with van der Waals surface area (Å²) in [6.45, 7) is 1.64. The number of nitrogens with one attached hydrogen (secondary N) is 1. The van der Waals surface area contributed by atoms with Gasteiger partial charge in [-0.1, -0.05) is 24.3 Å². The number of aryl methyl sites for hydroxylation is 1. The van der Waals surface area contributed by atoms with Gasteiger partial charge in [0.2, 0.25) is 0 Å². The van der Waals surface area contributed by atoms with Crippen LogP contribution in [0.15, 0.2) is 24.3 Å². The van der Waals surface area contributed by atoms with E-state index in [9.17, 15) is 9.59 Å².